The van der Waals surface area contributed by atoms with Crippen LogP contribution < -0.4 is 4.90 Å². The molecule has 0 saturated heterocycles. The zero-order valence-electron chi connectivity index (χ0n) is 29.7. The molecule has 246 valence electrons. The zero-order chi connectivity index (χ0) is 34.3. The van der Waals surface area contributed by atoms with Gasteiger partial charge in [0.2, 0.25) is 0 Å². The van der Waals surface area contributed by atoms with E-state index in [1.807, 2.05) is 0 Å². The number of hydrogen-bond acceptors (Lipinski definition) is 1. The van der Waals surface area contributed by atoms with E-state index >= 15 is 0 Å². The van der Waals surface area contributed by atoms with E-state index < -0.39 is 0 Å². The summed E-state index contributed by atoms with van der Waals surface area (Å²) in [5, 5.41) is 2.66. The molecule has 0 aromatic heterocycles. The van der Waals surface area contributed by atoms with Crippen LogP contribution in [0.4, 0.5) is 5.69 Å². The predicted molar refractivity (Wildman–Crippen MR) is 213 cm³/mol. The lowest BCUT2D eigenvalue weighted by Gasteiger charge is -2.34. The van der Waals surface area contributed by atoms with Gasteiger partial charge in [-0.15, -0.1) is 0 Å². The molecule has 6 aromatic rings. The third kappa shape index (κ3) is 5.42. The first-order valence-electron chi connectivity index (χ1n) is 18.0. The molecule has 1 atom stereocenters. The first kappa shape index (κ1) is 31.8. The molecule has 0 saturated carbocycles. The van der Waals surface area contributed by atoms with Crippen molar-refractivity contribution in [2.24, 2.45) is 0 Å². The first-order valence-corrected chi connectivity index (χ1v) is 18.0. The van der Waals surface area contributed by atoms with Gasteiger partial charge in [0.25, 0.3) is 0 Å². The Hall–Kier alpha value is -5.40. The van der Waals surface area contributed by atoms with Gasteiger partial charge in [0, 0.05) is 29.3 Å². The number of nitrogens with zero attached hydrogens (tertiary/aromatic N) is 1. The Morgan fingerprint density at radius 2 is 1.20 bits per heavy atom. The van der Waals surface area contributed by atoms with Crippen molar-refractivity contribution in [2.75, 3.05) is 11.9 Å². The second kappa shape index (κ2) is 12.8. The van der Waals surface area contributed by atoms with E-state index in [1.54, 1.807) is 0 Å². The van der Waals surface area contributed by atoms with Crippen LogP contribution in [0.15, 0.2) is 175 Å². The van der Waals surface area contributed by atoms with E-state index in [0.29, 0.717) is 0 Å². The van der Waals surface area contributed by atoms with Gasteiger partial charge in [-0.05, 0) is 101 Å². The van der Waals surface area contributed by atoms with E-state index in [-0.39, 0.29) is 10.8 Å². The highest BCUT2D eigenvalue weighted by Gasteiger charge is 2.46. The van der Waals surface area contributed by atoms with Gasteiger partial charge in [0.05, 0.1) is 0 Å². The van der Waals surface area contributed by atoms with Crippen molar-refractivity contribution >= 4 is 22.0 Å². The fourth-order valence-corrected chi connectivity index (χ4v) is 9.11. The molecule has 0 radical (unpaired) electrons. The molecule has 1 heterocycles. The quantitative estimate of drug-likeness (QED) is 0.159. The van der Waals surface area contributed by atoms with Crippen molar-refractivity contribution in [1.82, 2.24) is 0 Å². The number of rotatable bonds is 8. The molecular formula is C49H45N. The largest absolute Gasteiger partial charge is 0.347 e. The average Bonchev–Trinajstić information content (AvgIpc) is 3.48. The zero-order valence-corrected chi connectivity index (χ0v) is 29.7. The van der Waals surface area contributed by atoms with Crippen LogP contribution in [0, 0.1) is 6.92 Å². The van der Waals surface area contributed by atoms with Crippen molar-refractivity contribution in [1.29, 1.82) is 0 Å². The molecule has 0 amide bonds. The highest BCUT2D eigenvalue weighted by molar-refractivity contribution is 5.96. The number of allylic oxidation sites excluding steroid dienone is 6. The summed E-state index contributed by atoms with van der Waals surface area (Å²) in [4.78, 5) is 2.45. The van der Waals surface area contributed by atoms with Crippen LogP contribution in [-0.4, -0.2) is 7.05 Å². The van der Waals surface area contributed by atoms with Gasteiger partial charge in [-0.3, -0.25) is 0 Å². The number of likely N-dealkylation sites (N-methyl/N-ethyl adjacent to an activating group) is 1. The summed E-state index contributed by atoms with van der Waals surface area (Å²) in [6, 6.07) is 53.7. The van der Waals surface area contributed by atoms with E-state index in [9.17, 15) is 0 Å². The molecule has 0 N–H and O–H groups in total. The van der Waals surface area contributed by atoms with Gasteiger partial charge in [-0.2, -0.15) is 0 Å². The van der Waals surface area contributed by atoms with Crippen molar-refractivity contribution < 1.29 is 0 Å². The van der Waals surface area contributed by atoms with E-state index in [0.717, 1.165) is 19.3 Å². The maximum atomic E-state index is 2.46. The van der Waals surface area contributed by atoms with Gasteiger partial charge in [-0.1, -0.05) is 164 Å². The van der Waals surface area contributed by atoms with Crippen LogP contribution in [0.3, 0.4) is 0 Å². The summed E-state index contributed by atoms with van der Waals surface area (Å²) in [6.45, 7) is 7.01. The monoisotopic (exact) mass is 647 g/mol. The first-order chi connectivity index (χ1) is 24.4. The second-order valence-corrected chi connectivity index (χ2v) is 14.6. The van der Waals surface area contributed by atoms with Crippen LogP contribution in [0.25, 0.3) is 16.3 Å². The van der Waals surface area contributed by atoms with Gasteiger partial charge in [0.1, 0.15) is 0 Å². The molecule has 6 aromatic carbocycles. The third-order valence-electron chi connectivity index (χ3n) is 11.4. The minimum absolute atomic E-state index is 0.177. The van der Waals surface area contributed by atoms with Crippen LogP contribution in [0.5, 0.6) is 0 Å². The molecule has 1 aliphatic carbocycles. The van der Waals surface area contributed by atoms with Crippen LogP contribution in [0.1, 0.15) is 52.8 Å². The molecule has 50 heavy (non-hydrogen) atoms. The van der Waals surface area contributed by atoms with Crippen molar-refractivity contribution in [2.45, 2.75) is 50.9 Å². The lowest BCUT2D eigenvalue weighted by molar-refractivity contribution is 0.507. The summed E-state index contributed by atoms with van der Waals surface area (Å²) in [7, 11) is 2.26. The molecule has 0 spiro atoms. The standard InChI is InChI=1S/C49H45N/c1-35-27-30-45-44(31-35)49(33-38-19-10-6-11-20-38,34-39-21-12-7-13-22-39)46(50(45)4)26-16-25-43-36(2)41-29-28-40-23-14-15-24-42(40)47(41)48(43,3)32-37-17-8-5-9-18-37/h5-31H,32-34H2,1-4H3/b25-16+,46-26+. The summed E-state index contributed by atoms with van der Waals surface area (Å²) >= 11 is 0. The van der Waals surface area contributed by atoms with E-state index in [4.69, 9.17) is 0 Å². The fraction of sp³-hybridized carbons (Fsp3) is 0.184. The number of aryl methyl sites for hydroxylation is 1. The summed E-state index contributed by atoms with van der Waals surface area (Å²) in [5.74, 6) is 0. The maximum absolute atomic E-state index is 2.46. The minimum atomic E-state index is -0.227. The lowest BCUT2D eigenvalue weighted by atomic mass is 9.70. The van der Waals surface area contributed by atoms with Crippen molar-refractivity contribution in [3.8, 4) is 0 Å². The number of benzene rings is 6. The smallest absolute Gasteiger partial charge is 0.0456 e. The maximum Gasteiger partial charge on any atom is 0.0456 e. The van der Waals surface area contributed by atoms with Crippen LogP contribution in [-0.2, 0) is 30.1 Å². The number of fused-ring (bicyclic) bond motifs is 4. The number of hydrogen-bond donors (Lipinski definition) is 0. The number of anilines is 1. The summed E-state index contributed by atoms with van der Waals surface area (Å²) in [6.07, 6.45) is 10.00. The topological polar surface area (TPSA) is 3.24 Å². The Bertz CT molecular complexity index is 2230. The second-order valence-electron chi connectivity index (χ2n) is 14.6. The molecule has 1 heteroatoms. The van der Waals surface area contributed by atoms with E-state index in [1.165, 1.54) is 72.2 Å². The third-order valence-corrected chi connectivity index (χ3v) is 11.4. The van der Waals surface area contributed by atoms with Gasteiger partial charge >= 0.3 is 0 Å². The van der Waals surface area contributed by atoms with Crippen molar-refractivity contribution in [3.05, 3.63) is 214 Å². The van der Waals surface area contributed by atoms with Crippen molar-refractivity contribution in [3.63, 3.8) is 0 Å². The highest BCUT2D eigenvalue weighted by atomic mass is 15.2. The van der Waals surface area contributed by atoms with Gasteiger partial charge in [0.15, 0.2) is 0 Å². The minimum Gasteiger partial charge on any atom is -0.347 e. The molecule has 1 nitrogen and oxygen atoms in total. The Labute approximate surface area is 297 Å². The molecule has 1 aliphatic heterocycles. The SMILES string of the molecule is CC1=C(/C=C/C=C2/N(C)c3ccc(C)cc3C2(Cc2ccccc2)Cc2ccccc2)C(C)(Cc2ccccc2)c2c1ccc1ccccc21. The molecule has 0 fully saturated rings. The molecule has 2 aliphatic rings. The average molecular weight is 648 g/mol. The Balaban J connectivity index is 1.28. The molecule has 0 bridgehead atoms. The summed E-state index contributed by atoms with van der Waals surface area (Å²) in [5.41, 5.74) is 14.6. The molecular weight excluding hydrogens is 603 g/mol. The van der Waals surface area contributed by atoms with Gasteiger partial charge < -0.3 is 4.90 Å². The Morgan fingerprint density at radius 3 is 1.84 bits per heavy atom. The predicted octanol–water partition coefficient (Wildman–Crippen LogP) is 11.7. The Kier molecular flexibility index (Phi) is 8.16. The van der Waals surface area contributed by atoms with Gasteiger partial charge in [-0.25, -0.2) is 0 Å². The highest BCUT2D eigenvalue weighted by Crippen LogP contribution is 2.53. The molecule has 1 unspecified atom stereocenters. The normalized spacial score (nSPS) is 18.7. The Morgan fingerprint density at radius 1 is 0.620 bits per heavy atom. The van der Waals surface area contributed by atoms with E-state index in [2.05, 4.69) is 197 Å². The fourth-order valence-electron chi connectivity index (χ4n) is 9.11. The summed E-state index contributed by atoms with van der Waals surface area (Å²) < 4.78 is 0. The molecule has 8 rings (SSSR count). The van der Waals surface area contributed by atoms with Crippen LogP contribution in [0.2, 0.25) is 0 Å². The van der Waals surface area contributed by atoms with Crippen LogP contribution >= 0.6 is 0 Å². The lowest BCUT2D eigenvalue weighted by Crippen LogP contribution is -2.34.